The van der Waals surface area contributed by atoms with Gasteiger partial charge < -0.3 is 5.32 Å². The second kappa shape index (κ2) is 8.14. The molecule has 0 saturated carbocycles. The van der Waals surface area contributed by atoms with Gasteiger partial charge in [-0.15, -0.1) is 0 Å². The van der Waals surface area contributed by atoms with E-state index in [1.807, 2.05) is 37.3 Å². The minimum atomic E-state index is -0.905. The van der Waals surface area contributed by atoms with E-state index < -0.39 is 23.3 Å². The fourth-order valence-electron chi connectivity index (χ4n) is 3.73. The van der Waals surface area contributed by atoms with Crippen molar-refractivity contribution in [2.75, 3.05) is 5.32 Å². The monoisotopic (exact) mass is 419 g/mol. The Balaban J connectivity index is 1.80. The number of nitrogens with zero attached hydrogens (tertiary/aromatic N) is 4. The third kappa shape index (κ3) is 3.61. The van der Waals surface area contributed by atoms with E-state index in [4.69, 9.17) is 0 Å². The number of nitrogens with one attached hydrogen (secondary N) is 1. The topological polar surface area (TPSA) is 81.8 Å². The zero-order valence-electron chi connectivity index (χ0n) is 17.5. The van der Waals surface area contributed by atoms with Crippen molar-refractivity contribution in [1.29, 1.82) is 0 Å². The number of benzene rings is 2. The van der Waals surface area contributed by atoms with Crippen LogP contribution in [0.4, 0.5) is 10.1 Å². The number of hydrogen-bond acceptors (Lipinski definition) is 4. The number of carbonyl (C=O) groups excluding carboxylic acids is 1. The van der Waals surface area contributed by atoms with Crippen molar-refractivity contribution in [2.45, 2.75) is 33.2 Å². The Bertz CT molecular complexity index is 1330. The lowest BCUT2D eigenvalue weighted by Gasteiger charge is -2.17. The van der Waals surface area contributed by atoms with Gasteiger partial charge >= 0.3 is 0 Å². The fraction of sp³-hybridized carbons (Fsp3) is 0.217. The molecular weight excluding hydrogens is 397 g/mol. The zero-order chi connectivity index (χ0) is 22.1. The summed E-state index contributed by atoms with van der Waals surface area (Å²) in [6.45, 7) is 5.43. The molecule has 0 aliphatic heterocycles. The predicted molar refractivity (Wildman–Crippen MR) is 117 cm³/mol. The summed E-state index contributed by atoms with van der Waals surface area (Å²) in [6.07, 6.45) is 0.302. The van der Waals surface area contributed by atoms with Crippen LogP contribution in [0, 0.1) is 19.7 Å². The largest absolute Gasteiger partial charge is 0.322 e. The number of hydrogen-bond donors (Lipinski definition) is 1. The highest BCUT2D eigenvalue weighted by Crippen LogP contribution is 2.23. The maximum absolute atomic E-state index is 14.0. The second-order valence-corrected chi connectivity index (χ2v) is 7.28. The van der Waals surface area contributed by atoms with Crippen LogP contribution in [0.1, 0.15) is 30.8 Å². The van der Waals surface area contributed by atoms with E-state index in [2.05, 4.69) is 15.5 Å². The Kier molecular flexibility index (Phi) is 5.37. The average Bonchev–Trinajstić information content (AvgIpc) is 3.12. The van der Waals surface area contributed by atoms with Gasteiger partial charge in [0.25, 0.3) is 5.56 Å². The van der Waals surface area contributed by atoms with E-state index >= 15 is 0 Å². The molecule has 1 amide bonds. The number of amides is 1. The van der Waals surface area contributed by atoms with E-state index in [9.17, 15) is 14.0 Å². The van der Waals surface area contributed by atoms with Crippen LogP contribution in [0.2, 0.25) is 0 Å². The Hall–Kier alpha value is -3.81. The normalized spacial score (nSPS) is 12.1. The summed E-state index contributed by atoms with van der Waals surface area (Å²) in [5.41, 5.74) is 2.04. The molecule has 4 aromatic rings. The van der Waals surface area contributed by atoms with Crippen LogP contribution in [0.25, 0.3) is 16.6 Å². The zero-order valence-corrected chi connectivity index (χ0v) is 17.5. The first-order valence-electron chi connectivity index (χ1n) is 10.0. The number of anilines is 1. The summed E-state index contributed by atoms with van der Waals surface area (Å²) in [6, 6.07) is 14.5. The maximum Gasteiger partial charge on any atom is 0.295 e. The number of aromatic nitrogens is 4. The van der Waals surface area contributed by atoms with Crippen LogP contribution < -0.4 is 10.9 Å². The van der Waals surface area contributed by atoms with E-state index in [-0.39, 0.29) is 11.2 Å². The van der Waals surface area contributed by atoms with Gasteiger partial charge in [-0.25, -0.2) is 13.8 Å². The lowest BCUT2D eigenvalue weighted by molar-refractivity contribution is -0.119. The summed E-state index contributed by atoms with van der Waals surface area (Å²) >= 11 is 0. The summed E-state index contributed by atoms with van der Waals surface area (Å²) in [5, 5.41) is 12.2. The van der Waals surface area contributed by atoms with Gasteiger partial charge in [0.2, 0.25) is 5.91 Å². The third-order valence-corrected chi connectivity index (χ3v) is 5.26. The molecule has 4 rings (SSSR count). The van der Waals surface area contributed by atoms with E-state index in [0.29, 0.717) is 17.5 Å². The van der Waals surface area contributed by atoms with Gasteiger partial charge in [-0.1, -0.05) is 37.3 Å². The molecule has 0 radical (unpaired) electrons. The number of aryl methyl sites for hydroxylation is 2. The highest BCUT2D eigenvalue weighted by molar-refractivity contribution is 5.94. The molecule has 1 atom stereocenters. The van der Waals surface area contributed by atoms with Gasteiger partial charge in [-0.05, 0) is 44.5 Å². The molecule has 158 valence electrons. The van der Waals surface area contributed by atoms with Gasteiger partial charge in [0.15, 0.2) is 5.52 Å². The Morgan fingerprint density at radius 2 is 1.74 bits per heavy atom. The molecule has 31 heavy (non-hydrogen) atoms. The Labute approximate surface area is 178 Å². The summed E-state index contributed by atoms with van der Waals surface area (Å²) < 4.78 is 16.8. The molecule has 0 spiro atoms. The van der Waals surface area contributed by atoms with E-state index in [0.717, 1.165) is 16.1 Å². The first-order chi connectivity index (χ1) is 14.9. The number of halogens is 1. The molecule has 8 heteroatoms. The van der Waals surface area contributed by atoms with Crippen molar-refractivity contribution in [3.63, 3.8) is 0 Å². The Morgan fingerprint density at radius 3 is 2.42 bits per heavy atom. The molecule has 0 aliphatic carbocycles. The smallest absolute Gasteiger partial charge is 0.295 e. The van der Waals surface area contributed by atoms with Crippen LogP contribution in [0.3, 0.4) is 0 Å². The van der Waals surface area contributed by atoms with E-state index in [1.165, 1.54) is 18.2 Å². The molecule has 7 nitrogen and oxygen atoms in total. The Morgan fingerprint density at radius 1 is 1.06 bits per heavy atom. The lowest BCUT2D eigenvalue weighted by atomic mass is 10.1. The van der Waals surface area contributed by atoms with Crippen LogP contribution in [-0.2, 0) is 4.79 Å². The molecule has 0 unspecified atom stereocenters. The van der Waals surface area contributed by atoms with E-state index in [1.54, 1.807) is 24.6 Å². The predicted octanol–water partition coefficient (Wildman–Crippen LogP) is 3.93. The number of carbonyl (C=O) groups is 1. The number of para-hydroxylation sites is 2. The minimum absolute atomic E-state index is 0.0565. The quantitative estimate of drug-likeness (QED) is 0.531. The lowest BCUT2D eigenvalue weighted by Crippen LogP contribution is -2.35. The van der Waals surface area contributed by atoms with Crippen molar-refractivity contribution in [3.05, 3.63) is 82.2 Å². The SMILES string of the molecule is CC[C@@H](C(=O)Nc1ccccc1F)n1nc(C)c2c(C)n(-c3ccccc3)nc2c1=O. The van der Waals surface area contributed by atoms with Crippen LogP contribution in [-0.4, -0.2) is 25.5 Å². The molecule has 2 aromatic heterocycles. The second-order valence-electron chi connectivity index (χ2n) is 7.28. The van der Waals surface area contributed by atoms with Gasteiger partial charge in [0, 0.05) is 0 Å². The summed E-state index contributed by atoms with van der Waals surface area (Å²) in [7, 11) is 0. The molecule has 0 saturated heterocycles. The van der Waals surface area contributed by atoms with Gasteiger partial charge in [-0.3, -0.25) is 9.59 Å². The molecule has 0 aliphatic rings. The highest BCUT2D eigenvalue weighted by atomic mass is 19.1. The van der Waals surface area contributed by atoms with Crippen molar-refractivity contribution in [1.82, 2.24) is 19.6 Å². The standard InChI is InChI=1S/C23H22FN5O2/c1-4-19(22(30)25-18-13-9-8-12-17(18)24)29-23(31)21-20(14(2)26-29)15(3)28(27-21)16-10-6-5-7-11-16/h5-13,19H,4H2,1-3H3,(H,25,30)/t19-/m0/s1. The van der Waals surface area contributed by atoms with Crippen LogP contribution in [0.15, 0.2) is 59.4 Å². The summed E-state index contributed by atoms with van der Waals surface area (Å²) in [4.78, 5) is 26.2. The fourth-order valence-corrected chi connectivity index (χ4v) is 3.73. The number of fused-ring (bicyclic) bond motifs is 1. The maximum atomic E-state index is 14.0. The highest BCUT2D eigenvalue weighted by Gasteiger charge is 2.25. The molecule has 0 fully saturated rings. The van der Waals surface area contributed by atoms with Crippen molar-refractivity contribution in [2.24, 2.45) is 0 Å². The van der Waals surface area contributed by atoms with Crippen LogP contribution in [0.5, 0.6) is 0 Å². The minimum Gasteiger partial charge on any atom is -0.322 e. The first kappa shape index (κ1) is 20.5. The number of rotatable bonds is 5. The van der Waals surface area contributed by atoms with Crippen molar-refractivity contribution in [3.8, 4) is 5.69 Å². The van der Waals surface area contributed by atoms with Gasteiger partial charge in [0.1, 0.15) is 11.9 Å². The summed E-state index contributed by atoms with van der Waals surface area (Å²) in [5.74, 6) is -1.06. The molecule has 1 N–H and O–H groups in total. The third-order valence-electron chi connectivity index (χ3n) is 5.26. The van der Waals surface area contributed by atoms with Crippen molar-refractivity contribution < 1.29 is 9.18 Å². The van der Waals surface area contributed by atoms with Crippen molar-refractivity contribution >= 4 is 22.5 Å². The first-order valence-corrected chi connectivity index (χ1v) is 10.0. The molecule has 2 heterocycles. The van der Waals surface area contributed by atoms with Gasteiger partial charge in [-0.2, -0.15) is 10.2 Å². The van der Waals surface area contributed by atoms with Gasteiger partial charge in [0.05, 0.1) is 28.1 Å². The molecule has 0 bridgehead atoms. The van der Waals surface area contributed by atoms with Crippen LogP contribution >= 0.6 is 0 Å². The average molecular weight is 419 g/mol. The molecular formula is C23H22FN5O2. The molecule has 2 aromatic carbocycles.